The number of carbonyl (C=O) groups is 1. The molecule has 0 spiro atoms. The van der Waals surface area contributed by atoms with E-state index in [0.29, 0.717) is 6.42 Å². The molecule has 2 N–H and O–H groups in total. The number of primary amides is 1. The Kier molecular flexibility index (Phi) is 16.5. The highest BCUT2D eigenvalue weighted by atomic mass is 32.2. The molecular weight excluding hydrogens is 334 g/mol. The van der Waals surface area contributed by atoms with Crippen LogP contribution in [0.1, 0.15) is 110 Å². The van der Waals surface area contributed by atoms with E-state index in [1.165, 1.54) is 70.6 Å². The van der Waals surface area contributed by atoms with Gasteiger partial charge in [-0.05, 0) is 12.8 Å². The largest absolute Gasteiger partial charge is 0.370 e. The zero-order valence-electron chi connectivity index (χ0n) is 16.4. The van der Waals surface area contributed by atoms with Crippen LogP contribution in [0.2, 0.25) is 0 Å². The lowest BCUT2D eigenvalue weighted by Gasteiger charge is -2.04. The van der Waals surface area contributed by atoms with Crippen molar-refractivity contribution in [2.75, 3.05) is 11.5 Å². The SMILES string of the molecule is CCCCCCCCCCCCCCCCS(=O)(=O)CCCC(N)=O. The average molecular weight is 376 g/mol. The van der Waals surface area contributed by atoms with Crippen molar-refractivity contribution in [2.24, 2.45) is 5.73 Å². The van der Waals surface area contributed by atoms with Crippen molar-refractivity contribution < 1.29 is 13.2 Å². The molecule has 1 amide bonds. The van der Waals surface area contributed by atoms with Crippen molar-refractivity contribution in [2.45, 2.75) is 110 Å². The van der Waals surface area contributed by atoms with Gasteiger partial charge in [-0.2, -0.15) is 0 Å². The Bertz CT molecular complexity index is 407. The molecule has 0 aromatic rings. The fourth-order valence-corrected chi connectivity index (χ4v) is 4.52. The van der Waals surface area contributed by atoms with Gasteiger partial charge in [0.05, 0.1) is 11.5 Å². The minimum absolute atomic E-state index is 0.0917. The summed E-state index contributed by atoms with van der Waals surface area (Å²) in [5.41, 5.74) is 5.02. The third-order valence-electron chi connectivity index (χ3n) is 4.69. The number of unbranched alkanes of at least 4 members (excludes halogenated alkanes) is 13. The summed E-state index contributed by atoms with van der Waals surface area (Å²) in [6.07, 6.45) is 18.2. The van der Waals surface area contributed by atoms with Gasteiger partial charge in [-0.3, -0.25) is 4.79 Å². The Morgan fingerprint density at radius 2 is 1.00 bits per heavy atom. The first-order valence-corrected chi connectivity index (χ1v) is 12.3. The van der Waals surface area contributed by atoms with Crippen LogP contribution in [0, 0.1) is 0 Å². The molecule has 0 radical (unpaired) electrons. The van der Waals surface area contributed by atoms with Gasteiger partial charge in [0.2, 0.25) is 5.91 Å². The topological polar surface area (TPSA) is 77.2 Å². The van der Waals surface area contributed by atoms with Crippen molar-refractivity contribution in [3.8, 4) is 0 Å². The molecule has 0 aliphatic rings. The predicted molar refractivity (Wildman–Crippen MR) is 107 cm³/mol. The van der Waals surface area contributed by atoms with Gasteiger partial charge < -0.3 is 5.73 Å². The van der Waals surface area contributed by atoms with Gasteiger partial charge in [0.25, 0.3) is 0 Å². The van der Waals surface area contributed by atoms with E-state index in [2.05, 4.69) is 6.92 Å². The average Bonchev–Trinajstić information content (AvgIpc) is 2.54. The molecule has 0 unspecified atom stereocenters. The molecule has 0 saturated heterocycles. The predicted octanol–water partition coefficient (Wildman–Crippen LogP) is 5.15. The Morgan fingerprint density at radius 1 is 0.640 bits per heavy atom. The van der Waals surface area contributed by atoms with Crippen molar-refractivity contribution >= 4 is 15.7 Å². The van der Waals surface area contributed by atoms with Crippen LogP contribution in [-0.2, 0) is 14.6 Å². The Labute approximate surface area is 156 Å². The van der Waals surface area contributed by atoms with Crippen LogP contribution < -0.4 is 5.73 Å². The van der Waals surface area contributed by atoms with E-state index in [9.17, 15) is 13.2 Å². The molecular formula is C20H41NO3S. The summed E-state index contributed by atoms with van der Waals surface area (Å²) in [6, 6.07) is 0. The number of carbonyl (C=O) groups excluding carboxylic acids is 1. The number of hydrogen-bond acceptors (Lipinski definition) is 3. The van der Waals surface area contributed by atoms with Crippen molar-refractivity contribution in [1.29, 1.82) is 0 Å². The number of rotatable bonds is 19. The number of hydrogen-bond donors (Lipinski definition) is 1. The van der Waals surface area contributed by atoms with Crippen molar-refractivity contribution in [3.63, 3.8) is 0 Å². The van der Waals surface area contributed by atoms with Crippen LogP contribution in [-0.4, -0.2) is 25.8 Å². The van der Waals surface area contributed by atoms with E-state index in [1.807, 2.05) is 0 Å². The maximum Gasteiger partial charge on any atom is 0.217 e. The molecule has 0 aromatic carbocycles. The highest BCUT2D eigenvalue weighted by Crippen LogP contribution is 2.13. The lowest BCUT2D eigenvalue weighted by molar-refractivity contribution is -0.118. The molecule has 0 fully saturated rings. The van der Waals surface area contributed by atoms with E-state index >= 15 is 0 Å². The van der Waals surface area contributed by atoms with Gasteiger partial charge in [-0.25, -0.2) is 8.42 Å². The van der Waals surface area contributed by atoms with Crippen LogP contribution in [0.5, 0.6) is 0 Å². The Hall–Kier alpha value is -0.580. The summed E-state index contributed by atoms with van der Waals surface area (Å²) < 4.78 is 23.6. The first kappa shape index (κ1) is 24.4. The van der Waals surface area contributed by atoms with E-state index in [4.69, 9.17) is 5.73 Å². The summed E-state index contributed by atoms with van der Waals surface area (Å²) in [5.74, 6) is -0.0789. The summed E-state index contributed by atoms with van der Waals surface area (Å²) in [4.78, 5) is 10.6. The monoisotopic (exact) mass is 375 g/mol. The van der Waals surface area contributed by atoms with E-state index < -0.39 is 15.7 Å². The number of nitrogens with two attached hydrogens (primary N) is 1. The standard InChI is InChI=1S/C20H41NO3S/c1-2-3-4-5-6-7-8-9-10-11-12-13-14-15-18-25(23,24)19-16-17-20(21)22/h2-19H2,1H3,(H2,21,22). The fourth-order valence-electron chi connectivity index (χ4n) is 3.08. The molecule has 0 aliphatic carbocycles. The number of amides is 1. The second-order valence-corrected chi connectivity index (χ2v) is 9.62. The van der Waals surface area contributed by atoms with Gasteiger partial charge in [0.1, 0.15) is 9.84 Å². The molecule has 0 rings (SSSR count). The molecule has 0 heterocycles. The van der Waals surface area contributed by atoms with E-state index in [1.54, 1.807) is 0 Å². The zero-order valence-corrected chi connectivity index (χ0v) is 17.3. The smallest absolute Gasteiger partial charge is 0.217 e. The zero-order chi connectivity index (χ0) is 18.8. The first-order chi connectivity index (χ1) is 12.0. The van der Waals surface area contributed by atoms with Crippen LogP contribution in [0.4, 0.5) is 0 Å². The van der Waals surface area contributed by atoms with E-state index in [0.717, 1.165) is 19.3 Å². The van der Waals surface area contributed by atoms with Gasteiger partial charge in [0, 0.05) is 6.42 Å². The quantitative estimate of drug-likeness (QED) is 0.317. The van der Waals surface area contributed by atoms with E-state index in [-0.39, 0.29) is 17.9 Å². The maximum atomic E-state index is 11.8. The van der Waals surface area contributed by atoms with Gasteiger partial charge in [-0.1, -0.05) is 90.4 Å². The lowest BCUT2D eigenvalue weighted by Crippen LogP contribution is -2.15. The molecule has 0 atom stereocenters. The van der Waals surface area contributed by atoms with Gasteiger partial charge in [-0.15, -0.1) is 0 Å². The van der Waals surface area contributed by atoms with Crippen LogP contribution in [0.3, 0.4) is 0 Å². The molecule has 0 saturated carbocycles. The Morgan fingerprint density at radius 3 is 1.40 bits per heavy atom. The maximum absolute atomic E-state index is 11.8. The molecule has 0 aliphatic heterocycles. The summed E-state index contributed by atoms with van der Waals surface area (Å²) in [7, 11) is -3.00. The summed E-state index contributed by atoms with van der Waals surface area (Å²) in [6.45, 7) is 2.26. The van der Waals surface area contributed by atoms with Crippen molar-refractivity contribution in [3.05, 3.63) is 0 Å². The van der Waals surface area contributed by atoms with Crippen LogP contribution >= 0.6 is 0 Å². The lowest BCUT2D eigenvalue weighted by atomic mass is 10.0. The molecule has 25 heavy (non-hydrogen) atoms. The normalized spacial score (nSPS) is 11.7. The molecule has 150 valence electrons. The second-order valence-electron chi connectivity index (χ2n) is 7.32. The molecule has 0 aromatic heterocycles. The molecule has 5 heteroatoms. The highest BCUT2D eigenvalue weighted by Gasteiger charge is 2.10. The molecule has 0 bridgehead atoms. The number of sulfone groups is 1. The summed E-state index contributed by atoms with van der Waals surface area (Å²) >= 11 is 0. The second kappa shape index (κ2) is 16.9. The van der Waals surface area contributed by atoms with Gasteiger partial charge in [0.15, 0.2) is 0 Å². The highest BCUT2D eigenvalue weighted by molar-refractivity contribution is 7.91. The van der Waals surface area contributed by atoms with Crippen LogP contribution in [0.15, 0.2) is 0 Å². The third-order valence-corrected chi connectivity index (χ3v) is 6.51. The Balaban J connectivity index is 3.29. The van der Waals surface area contributed by atoms with Gasteiger partial charge >= 0.3 is 0 Å². The summed E-state index contributed by atoms with van der Waals surface area (Å²) in [5, 5.41) is 0. The fraction of sp³-hybridized carbons (Fsp3) is 0.950. The first-order valence-electron chi connectivity index (χ1n) is 10.5. The minimum atomic E-state index is -3.00. The molecule has 4 nitrogen and oxygen atoms in total. The van der Waals surface area contributed by atoms with Crippen molar-refractivity contribution in [1.82, 2.24) is 0 Å². The third kappa shape index (κ3) is 19.6. The van der Waals surface area contributed by atoms with Crippen LogP contribution in [0.25, 0.3) is 0 Å². The minimum Gasteiger partial charge on any atom is -0.370 e.